The molecule has 0 radical (unpaired) electrons. The van der Waals surface area contributed by atoms with Crippen LogP contribution >= 0.6 is 22.6 Å². The number of aliphatic carboxylic acids is 1. The van der Waals surface area contributed by atoms with E-state index >= 15 is 0 Å². The van der Waals surface area contributed by atoms with E-state index in [4.69, 9.17) is 9.84 Å². The van der Waals surface area contributed by atoms with Crippen LogP contribution < -0.4 is 0 Å². The second kappa shape index (κ2) is 4.64. The Morgan fingerprint density at radius 1 is 1.62 bits per heavy atom. The molecule has 6 heteroatoms. The van der Waals surface area contributed by atoms with Crippen LogP contribution in [0.5, 0.6) is 0 Å². The molecule has 1 N–H and O–H groups in total. The number of halogens is 1. The molecule has 1 aliphatic rings. The third-order valence-electron chi connectivity index (χ3n) is 1.95. The van der Waals surface area contributed by atoms with Crippen LogP contribution in [-0.4, -0.2) is 39.3 Å². The number of carbonyl (C=O) groups is 2. The molecule has 0 aromatic rings. The molecule has 1 aliphatic heterocycles. The summed E-state index contributed by atoms with van der Waals surface area (Å²) in [5, 5.41) is 8.75. The van der Waals surface area contributed by atoms with Crippen molar-refractivity contribution in [3.63, 3.8) is 0 Å². The van der Waals surface area contributed by atoms with Gasteiger partial charge in [0, 0.05) is 6.54 Å². The summed E-state index contributed by atoms with van der Waals surface area (Å²) in [6.45, 7) is 0.479. The second-order valence-electron chi connectivity index (χ2n) is 2.71. The minimum Gasteiger partial charge on any atom is -0.480 e. The van der Waals surface area contributed by atoms with Crippen LogP contribution in [0.25, 0.3) is 0 Å². The van der Waals surface area contributed by atoms with Crippen molar-refractivity contribution >= 4 is 34.7 Å². The first-order valence-electron chi connectivity index (χ1n) is 3.89. The lowest BCUT2D eigenvalue weighted by molar-refractivity contribution is -0.141. The van der Waals surface area contributed by atoms with Crippen molar-refractivity contribution in [1.82, 2.24) is 4.90 Å². The normalized spacial score (nSPS) is 21.6. The molecule has 0 aromatic carbocycles. The van der Waals surface area contributed by atoms with Crippen molar-refractivity contribution in [3.8, 4) is 0 Å². The number of ether oxygens (including phenoxy) is 1. The number of nitrogens with zero attached hydrogens (tertiary/aromatic N) is 1. The number of hydrogen-bond acceptors (Lipinski definition) is 3. The molecule has 5 nitrogen and oxygen atoms in total. The molecule has 74 valence electrons. The Labute approximate surface area is 89.2 Å². The Morgan fingerprint density at radius 3 is 2.85 bits per heavy atom. The van der Waals surface area contributed by atoms with Crippen molar-refractivity contribution in [2.24, 2.45) is 0 Å². The molecule has 0 bridgehead atoms. The molecule has 0 spiro atoms. The molecule has 1 saturated heterocycles. The van der Waals surface area contributed by atoms with Gasteiger partial charge in [-0.2, -0.15) is 0 Å². The lowest BCUT2D eigenvalue weighted by atomic mass is 10.2. The number of likely N-dealkylation sites (tertiary alicyclic amines) is 1. The maximum absolute atomic E-state index is 11.2. The average molecular weight is 299 g/mol. The largest absolute Gasteiger partial charge is 0.480 e. The zero-order valence-electron chi connectivity index (χ0n) is 6.90. The van der Waals surface area contributed by atoms with Gasteiger partial charge in [0.15, 0.2) is 0 Å². The van der Waals surface area contributed by atoms with E-state index in [0.717, 1.165) is 6.42 Å². The minimum atomic E-state index is -0.956. The van der Waals surface area contributed by atoms with Gasteiger partial charge in [-0.05, 0) is 35.4 Å². The van der Waals surface area contributed by atoms with Crippen molar-refractivity contribution in [2.45, 2.75) is 18.9 Å². The number of hydrogen-bond donors (Lipinski definition) is 1. The molecule has 1 rings (SSSR count). The summed E-state index contributed by atoms with van der Waals surface area (Å²) >= 11 is 1.90. The fourth-order valence-corrected chi connectivity index (χ4v) is 1.64. The highest BCUT2D eigenvalue weighted by Gasteiger charge is 2.34. The summed E-state index contributed by atoms with van der Waals surface area (Å²) in [4.78, 5) is 23.1. The molecule has 0 aliphatic carbocycles. The van der Waals surface area contributed by atoms with Crippen LogP contribution in [0.4, 0.5) is 4.79 Å². The minimum absolute atomic E-state index is 0.249. The van der Waals surface area contributed by atoms with E-state index in [0.29, 0.717) is 13.0 Å². The number of carbonyl (C=O) groups excluding carboxylic acids is 1. The van der Waals surface area contributed by atoms with Crippen LogP contribution in [0.15, 0.2) is 0 Å². The van der Waals surface area contributed by atoms with E-state index < -0.39 is 18.1 Å². The number of rotatable bonds is 2. The first kappa shape index (κ1) is 10.6. The molecular weight excluding hydrogens is 289 g/mol. The topological polar surface area (TPSA) is 66.8 Å². The maximum Gasteiger partial charge on any atom is 0.411 e. The SMILES string of the molecule is O=C(O)[C@H]1CCCN1C(=O)OCI. The molecule has 1 atom stereocenters. The zero-order valence-corrected chi connectivity index (χ0v) is 9.06. The van der Waals surface area contributed by atoms with Gasteiger partial charge in [-0.25, -0.2) is 9.59 Å². The van der Waals surface area contributed by atoms with E-state index in [-0.39, 0.29) is 4.61 Å². The highest BCUT2D eigenvalue weighted by molar-refractivity contribution is 14.1. The summed E-state index contributed by atoms with van der Waals surface area (Å²) in [5.74, 6) is -0.956. The fourth-order valence-electron chi connectivity index (χ4n) is 1.37. The molecule has 1 heterocycles. The van der Waals surface area contributed by atoms with Crippen molar-refractivity contribution in [2.75, 3.05) is 11.2 Å². The number of carboxylic acids is 1. The van der Waals surface area contributed by atoms with E-state index in [2.05, 4.69) is 0 Å². The Bertz CT molecular complexity index is 221. The van der Waals surface area contributed by atoms with Gasteiger partial charge in [0.1, 0.15) is 10.7 Å². The second-order valence-corrected chi connectivity index (χ2v) is 3.33. The van der Waals surface area contributed by atoms with Crippen LogP contribution in [0, 0.1) is 0 Å². The molecule has 13 heavy (non-hydrogen) atoms. The van der Waals surface area contributed by atoms with Crippen LogP contribution in [0.1, 0.15) is 12.8 Å². The standard InChI is InChI=1S/C7H10INO4/c8-4-13-7(12)9-3-1-2-5(9)6(10)11/h5H,1-4H2,(H,10,11)/t5-/m1/s1. The molecule has 0 saturated carbocycles. The van der Waals surface area contributed by atoms with Gasteiger partial charge in [0.05, 0.1) is 0 Å². The summed E-state index contributed by atoms with van der Waals surface area (Å²) < 4.78 is 4.97. The van der Waals surface area contributed by atoms with Gasteiger partial charge in [-0.1, -0.05) is 0 Å². The lowest BCUT2D eigenvalue weighted by Gasteiger charge is -2.19. The van der Waals surface area contributed by atoms with E-state index in [1.807, 2.05) is 22.6 Å². The number of alkyl halides is 1. The van der Waals surface area contributed by atoms with Crippen LogP contribution in [0.3, 0.4) is 0 Å². The summed E-state index contributed by atoms with van der Waals surface area (Å²) in [6.07, 6.45) is 0.721. The van der Waals surface area contributed by atoms with E-state index in [1.165, 1.54) is 4.90 Å². The fraction of sp³-hybridized carbons (Fsp3) is 0.714. The molecule has 1 fully saturated rings. The average Bonchev–Trinajstić information content (AvgIpc) is 2.52. The third-order valence-corrected chi connectivity index (χ3v) is 2.26. The number of amides is 1. The molecule has 0 unspecified atom stereocenters. The Balaban J connectivity index is 2.57. The maximum atomic E-state index is 11.2. The van der Waals surface area contributed by atoms with Gasteiger partial charge in [-0.3, -0.25) is 4.90 Å². The first-order chi connectivity index (χ1) is 6.16. The van der Waals surface area contributed by atoms with Crippen molar-refractivity contribution in [1.29, 1.82) is 0 Å². The first-order valence-corrected chi connectivity index (χ1v) is 5.41. The monoisotopic (exact) mass is 299 g/mol. The smallest absolute Gasteiger partial charge is 0.411 e. The predicted octanol–water partition coefficient (Wildman–Crippen LogP) is 1.06. The van der Waals surface area contributed by atoms with Gasteiger partial charge < -0.3 is 9.84 Å². The van der Waals surface area contributed by atoms with Crippen molar-refractivity contribution in [3.05, 3.63) is 0 Å². The molecule has 0 aromatic heterocycles. The quantitative estimate of drug-likeness (QED) is 0.612. The highest BCUT2D eigenvalue weighted by atomic mass is 127. The van der Waals surface area contributed by atoms with E-state index in [9.17, 15) is 9.59 Å². The van der Waals surface area contributed by atoms with Gasteiger partial charge in [0.25, 0.3) is 0 Å². The Hall–Kier alpha value is -0.530. The van der Waals surface area contributed by atoms with Crippen molar-refractivity contribution < 1.29 is 19.4 Å². The van der Waals surface area contributed by atoms with E-state index in [1.54, 1.807) is 0 Å². The summed E-state index contributed by atoms with van der Waals surface area (Å²) in [7, 11) is 0. The Morgan fingerprint density at radius 2 is 2.31 bits per heavy atom. The third kappa shape index (κ3) is 2.45. The summed E-state index contributed by atoms with van der Waals surface area (Å²) in [6, 6.07) is -0.699. The lowest BCUT2D eigenvalue weighted by Crippen LogP contribution is -2.40. The van der Waals surface area contributed by atoms with Crippen LogP contribution in [0.2, 0.25) is 0 Å². The predicted molar refractivity (Wildman–Crippen MR) is 52.7 cm³/mol. The zero-order chi connectivity index (χ0) is 9.84. The van der Waals surface area contributed by atoms with Crippen LogP contribution in [-0.2, 0) is 9.53 Å². The summed E-state index contributed by atoms with van der Waals surface area (Å²) in [5.41, 5.74) is 0. The Kier molecular flexibility index (Phi) is 3.76. The van der Waals surface area contributed by atoms with Gasteiger partial charge in [0.2, 0.25) is 0 Å². The molecular formula is C7H10INO4. The number of carboxylic acid groups (broad SMARTS) is 1. The highest BCUT2D eigenvalue weighted by Crippen LogP contribution is 2.18. The van der Waals surface area contributed by atoms with Gasteiger partial charge in [-0.15, -0.1) is 0 Å². The molecule has 1 amide bonds. The van der Waals surface area contributed by atoms with Gasteiger partial charge >= 0.3 is 12.1 Å².